The minimum absolute atomic E-state index is 0.815. The summed E-state index contributed by atoms with van der Waals surface area (Å²) >= 11 is 0. The van der Waals surface area contributed by atoms with Gasteiger partial charge in [0.15, 0.2) is 0 Å². The van der Waals surface area contributed by atoms with Crippen LogP contribution >= 0.6 is 0 Å². The van der Waals surface area contributed by atoms with Crippen LogP contribution < -0.4 is 5.32 Å². The summed E-state index contributed by atoms with van der Waals surface area (Å²) < 4.78 is 0. The summed E-state index contributed by atoms with van der Waals surface area (Å²) in [7, 11) is 0. The van der Waals surface area contributed by atoms with Crippen molar-refractivity contribution in [2.24, 2.45) is 11.8 Å². The summed E-state index contributed by atoms with van der Waals surface area (Å²) in [6.45, 7) is 7.41. The van der Waals surface area contributed by atoms with Crippen molar-refractivity contribution in [2.75, 3.05) is 13.1 Å². The zero-order valence-electron chi connectivity index (χ0n) is 11.5. The molecule has 2 heterocycles. The molecule has 98 valence electrons. The Morgan fingerprint density at radius 1 is 1.12 bits per heavy atom. The van der Waals surface area contributed by atoms with Gasteiger partial charge < -0.3 is 5.32 Å². The highest BCUT2D eigenvalue weighted by Gasteiger charge is 2.42. The fourth-order valence-corrected chi connectivity index (χ4v) is 4.19. The summed E-state index contributed by atoms with van der Waals surface area (Å²) in [4.78, 5) is 2.86. The molecule has 0 radical (unpaired) electrons. The number of nitrogens with zero attached hydrogens (tertiary/aromatic N) is 1. The first-order chi connectivity index (χ1) is 8.25. The molecule has 3 aliphatic rings. The predicted molar refractivity (Wildman–Crippen MR) is 72.1 cm³/mol. The molecule has 0 aromatic heterocycles. The second-order valence-corrected chi connectivity index (χ2v) is 6.78. The first-order valence-electron chi connectivity index (χ1n) is 7.75. The van der Waals surface area contributed by atoms with Crippen LogP contribution in [0.5, 0.6) is 0 Å². The molecular formula is C15H28N2. The molecule has 0 spiro atoms. The van der Waals surface area contributed by atoms with Crippen molar-refractivity contribution in [3.05, 3.63) is 0 Å². The van der Waals surface area contributed by atoms with E-state index in [1.807, 2.05) is 0 Å². The van der Waals surface area contributed by atoms with Crippen molar-refractivity contribution in [1.29, 1.82) is 0 Å². The van der Waals surface area contributed by atoms with Gasteiger partial charge in [0.2, 0.25) is 0 Å². The first kappa shape index (κ1) is 12.0. The van der Waals surface area contributed by atoms with E-state index < -0.39 is 0 Å². The average molecular weight is 236 g/mol. The molecule has 2 aliphatic heterocycles. The zero-order chi connectivity index (χ0) is 11.8. The smallest absolute Gasteiger partial charge is 0.0252 e. The highest BCUT2D eigenvalue weighted by atomic mass is 15.2. The molecule has 2 saturated heterocycles. The number of rotatable bonds is 3. The maximum absolute atomic E-state index is 3.72. The molecule has 2 unspecified atom stereocenters. The Labute approximate surface area is 106 Å². The molecule has 1 N–H and O–H groups in total. The van der Waals surface area contributed by atoms with Gasteiger partial charge in [0.05, 0.1) is 0 Å². The Balaban J connectivity index is 1.56. The Morgan fingerprint density at radius 3 is 2.59 bits per heavy atom. The predicted octanol–water partition coefficient (Wildman–Crippen LogP) is 2.64. The normalized spacial score (nSPS) is 43.2. The molecule has 0 amide bonds. The fraction of sp³-hybridized carbons (Fsp3) is 1.00. The Morgan fingerprint density at radius 2 is 1.94 bits per heavy atom. The van der Waals surface area contributed by atoms with Gasteiger partial charge >= 0.3 is 0 Å². The molecule has 0 bridgehead atoms. The maximum atomic E-state index is 3.72. The molecule has 17 heavy (non-hydrogen) atoms. The highest BCUT2D eigenvalue weighted by Crippen LogP contribution is 2.40. The van der Waals surface area contributed by atoms with Gasteiger partial charge in [-0.3, -0.25) is 4.90 Å². The van der Waals surface area contributed by atoms with E-state index in [1.165, 1.54) is 51.6 Å². The van der Waals surface area contributed by atoms with E-state index in [4.69, 9.17) is 0 Å². The summed E-state index contributed by atoms with van der Waals surface area (Å²) in [6, 6.07) is 2.61. The van der Waals surface area contributed by atoms with E-state index in [0.29, 0.717) is 0 Å². The molecule has 1 saturated carbocycles. The summed E-state index contributed by atoms with van der Waals surface area (Å²) in [6.07, 6.45) is 8.64. The molecule has 0 aromatic carbocycles. The Kier molecular flexibility index (Phi) is 3.45. The van der Waals surface area contributed by atoms with E-state index in [2.05, 4.69) is 24.1 Å². The van der Waals surface area contributed by atoms with Gasteiger partial charge in [0, 0.05) is 18.1 Å². The minimum atomic E-state index is 0.815. The SMILES string of the molecule is CC(C)C1CC(N2CCCC2C2CCCN2)C1. The van der Waals surface area contributed by atoms with Gasteiger partial charge in [-0.2, -0.15) is 0 Å². The Bertz CT molecular complexity index is 252. The second kappa shape index (κ2) is 4.89. The van der Waals surface area contributed by atoms with Crippen LogP contribution in [0.2, 0.25) is 0 Å². The lowest BCUT2D eigenvalue weighted by molar-refractivity contribution is 0.0376. The quantitative estimate of drug-likeness (QED) is 0.810. The molecule has 2 atom stereocenters. The topological polar surface area (TPSA) is 15.3 Å². The molecule has 2 nitrogen and oxygen atoms in total. The summed E-state index contributed by atoms with van der Waals surface area (Å²) in [5.74, 6) is 1.91. The fourth-order valence-electron chi connectivity index (χ4n) is 4.19. The lowest BCUT2D eigenvalue weighted by atomic mass is 9.72. The summed E-state index contributed by atoms with van der Waals surface area (Å²) in [5, 5.41) is 3.72. The molecular weight excluding hydrogens is 208 g/mol. The van der Waals surface area contributed by atoms with Crippen molar-refractivity contribution in [3.63, 3.8) is 0 Å². The van der Waals surface area contributed by atoms with Gasteiger partial charge in [-0.05, 0) is 63.5 Å². The molecule has 3 rings (SSSR count). The molecule has 1 aliphatic carbocycles. The van der Waals surface area contributed by atoms with Gasteiger partial charge in [0.1, 0.15) is 0 Å². The number of nitrogens with one attached hydrogen (secondary N) is 1. The van der Waals surface area contributed by atoms with Gasteiger partial charge in [-0.25, -0.2) is 0 Å². The largest absolute Gasteiger partial charge is 0.312 e. The number of likely N-dealkylation sites (tertiary alicyclic amines) is 1. The van der Waals surface area contributed by atoms with Crippen molar-refractivity contribution < 1.29 is 0 Å². The van der Waals surface area contributed by atoms with Crippen molar-refractivity contribution in [3.8, 4) is 0 Å². The van der Waals surface area contributed by atoms with E-state index in [0.717, 1.165) is 30.0 Å². The number of hydrogen-bond donors (Lipinski definition) is 1. The third-order valence-electron chi connectivity index (χ3n) is 5.47. The van der Waals surface area contributed by atoms with Crippen LogP contribution in [-0.2, 0) is 0 Å². The monoisotopic (exact) mass is 236 g/mol. The third-order valence-corrected chi connectivity index (χ3v) is 5.47. The van der Waals surface area contributed by atoms with Crippen LogP contribution in [0.3, 0.4) is 0 Å². The maximum Gasteiger partial charge on any atom is 0.0252 e. The van der Waals surface area contributed by atoms with Gasteiger partial charge in [-0.15, -0.1) is 0 Å². The molecule has 2 heteroatoms. The van der Waals surface area contributed by atoms with Crippen LogP contribution in [-0.4, -0.2) is 36.1 Å². The van der Waals surface area contributed by atoms with Crippen molar-refractivity contribution in [2.45, 2.75) is 70.5 Å². The molecule has 0 aromatic rings. The standard InChI is InChI=1S/C15H28N2/c1-11(2)12-9-13(10-12)17-8-4-6-15(17)14-5-3-7-16-14/h11-16H,3-10H2,1-2H3. The van der Waals surface area contributed by atoms with E-state index in [9.17, 15) is 0 Å². The van der Waals surface area contributed by atoms with Crippen molar-refractivity contribution in [1.82, 2.24) is 10.2 Å². The third kappa shape index (κ3) is 2.26. The van der Waals surface area contributed by atoms with Crippen LogP contribution in [0.4, 0.5) is 0 Å². The Hall–Kier alpha value is -0.0800. The number of hydrogen-bond acceptors (Lipinski definition) is 2. The second-order valence-electron chi connectivity index (χ2n) is 6.78. The van der Waals surface area contributed by atoms with Crippen LogP contribution in [0.1, 0.15) is 52.4 Å². The lowest BCUT2D eigenvalue weighted by Gasteiger charge is -2.46. The van der Waals surface area contributed by atoms with E-state index >= 15 is 0 Å². The van der Waals surface area contributed by atoms with Crippen molar-refractivity contribution >= 4 is 0 Å². The minimum Gasteiger partial charge on any atom is -0.312 e. The first-order valence-corrected chi connectivity index (χ1v) is 7.75. The van der Waals surface area contributed by atoms with Crippen LogP contribution in [0.15, 0.2) is 0 Å². The van der Waals surface area contributed by atoms with Gasteiger partial charge in [0.25, 0.3) is 0 Å². The lowest BCUT2D eigenvalue weighted by Crippen LogP contribution is -2.53. The summed E-state index contributed by atoms with van der Waals surface area (Å²) in [5.41, 5.74) is 0. The zero-order valence-corrected chi connectivity index (χ0v) is 11.5. The van der Waals surface area contributed by atoms with Gasteiger partial charge in [-0.1, -0.05) is 13.8 Å². The average Bonchev–Trinajstić information content (AvgIpc) is 2.81. The van der Waals surface area contributed by atoms with E-state index in [-0.39, 0.29) is 0 Å². The van der Waals surface area contributed by atoms with E-state index in [1.54, 1.807) is 0 Å². The molecule has 3 fully saturated rings. The van der Waals surface area contributed by atoms with Crippen LogP contribution in [0, 0.1) is 11.8 Å². The van der Waals surface area contributed by atoms with Crippen LogP contribution in [0.25, 0.3) is 0 Å². The highest BCUT2D eigenvalue weighted by molar-refractivity contribution is 4.98.